The van der Waals surface area contributed by atoms with Gasteiger partial charge in [-0.3, -0.25) is 4.57 Å². The number of rotatable bonds is 10. The molecule has 2 aromatic heterocycles. The Kier molecular flexibility index (Phi) is 7.75. The molecule has 1 saturated heterocycles. The van der Waals surface area contributed by atoms with Gasteiger partial charge in [-0.05, 0) is 17.2 Å². The van der Waals surface area contributed by atoms with Gasteiger partial charge in [0.1, 0.15) is 29.8 Å². The molecule has 42 heavy (non-hydrogen) atoms. The van der Waals surface area contributed by atoms with Crippen molar-refractivity contribution >= 4 is 17.0 Å². The molecule has 0 unspecified atom stereocenters. The van der Waals surface area contributed by atoms with Crippen LogP contribution >= 0.6 is 0 Å². The molecule has 0 saturated carbocycles. The molecule has 0 amide bonds. The first-order chi connectivity index (χ1) is 20.6. The van der Waals surface area contributed by atoms with E-state index in [0.29, 0.717) is 34.9 Å². The summed E-state index contributed by atoms with van der Waals surface area (Å²) < 4.78 is 26.8. The average molecular weight is 568 g/mol. The summed E-state index contributed by atoms with van der Waals surface area (Å²) in [7, 11) is 5.02. The van der Waals surface area contributed by atoms with Crippen molar-refractivity contribution in [2.75, 3.05) is 33.2 Å². The minimum Gasteiger partial charge on any atom is -0.493 e. The van der Waals surface area contributed by atoms with Crippen LogP contribution in [0.3, 0.4) is 0 Å². The maximum Gasteiger partial charge on any atom is 0.167 e. The van der Waals surface area contributed by atoms with Gasteiger partial charge in [-0.15, -0.1) is 0 Å². The van der Waals surface area contributed by atoms with E-state index >= 15 is 0 Å². The normalized spacial score (nSPS) is 18.7. The number of benzene rings is 3. The summed E-state index contributed by atoms with van der Waals surface area (Å²) in [5.41, 5.74) is 2.70. The number of aliphatic hydroxyl groups is 1. The number of fused-ring (bicyclic) bond motifs is 1. The lowest BCUT2D eigenvalue weighted by Gasteiger charge is -2.38. The Morgan fingerprint density at radius 2 is 1.64 bits per heavy atom. The number of methoxy groups -OCH3 is 2. The summed E-state index contributed by atoms with van der Waals surface area (Å²) in [6.45, 7) is 0.0885. The number of nitrogens with one attached hydrogen (secondary N) is 1. The second-order valence-corrected chi connectivity index (χ2v) is 9.99. The monoisotopic (exact) mass is 567 g/mol. The fraction of sp³-hybridized carbons (Fsp3) is 0.281. The predicted octanol–water partition coefficient (Wildman–Crippen LogP) is 4.54. The minimum atomic E-state index is -1.11. The number of hydrogen-bond acceptors (Lipinski definition) is 9. The molecule has 1 aliphatic heterocycles. The van der Waals surface area contributed by atoms with E-state index < -0.39 is 24.0 Å². The third-order valence-corrected chi connectivity index (χ3v) is 7.72. The van der Waals surface area contributed by atoms with Crippen molar-refractivity contribution in [3.05, 3.63) is 108 Å². The van der Waals surface area contributed by atoms with Crippen LogP contribution in [0.2, 0.25) is 0 Å². The predicted molar refractivity (Wildman–Crippen MR) is 158 cm³/mol. The highest BCUT2D eigenvalue weighted by molar-refractivity contribution is 5.82. The van der Waals surface area contributed by atoms with E-state index in [1.165, 1.54) is 6.33 Å². The van der Waals surface area contributed by atoms with Gasteiger partial charge >= 0.3 is 0 Å². The molecule has 1 aliphatic rings. The first kappa shape index (κ1) is 27.6. The summed E-state index contributed by atoms with van der Waals surface area (Å²) >= 11 is 0. The van der Waals surface area contributed by atoms with Crippen molar-refractivity contribution in [1.82, 2.24) is 19.5 Å². The molecule has 216 valence electrons. The molecule has 0 radical (unpaired) electrons. The van der Waals surface area contributed by atoms with Crippen LogP contribution < -0.4 is 14.8 Å². The Hall–Kier alpha value is -4.51. The molecular weight excluding hydrogens is 534 g/mol. The van der Waals surface area contributed by atoms with Crippen LogP contribution in [0.4, 0.5) is 5.82 Å². The largest absolute Gasteiger partial charge is 0.493 e. The van der Waals surface area contributed by atoms with E-state index in [0.717, 1.165) is 16.7 Å². The average Bonchev–Trinajstić information content (AvgIpc) is 3.65. The number of aliphatic hydroxyl groups excluding tert-OH is 1. The lowest BCUT2D eigenvalue weighted by Crippen LogP contribution is -2.38. The first-order valence-electron chi connectivity index (χ1n) is 13.8. The fourth-order valence-electron chi connectivity index (χ4n) is 5.72. The molecule has 3 atom stereocenters. The van der Waals surface area contributed by atoms with Gasteiger partial charge in [-0.1, -0.05) is 72.8 Å². The van der Waals surface area contributed by atoms with E-state index in [1.807, 2.05) is 83.4 Å². The number of nitrogens with zero attached hydrogens (tertiary/aromatic N) is 4. The van der Waals surface area contributed by atoms with Gasteiger partial charge in [0, 0.05) is 19.0 Å². The highest BCUT2D eigenvalue weighted by atomic mass is 16.6. The van der Waals surface area contributed by atoms with E-state index in [-0.39, 0.29) is 6.61 Å². The lowest BCUT2D eigenvalue weighted by atomic mass is 9.79. The zero-order valence-electron chi connectivity index (χ0n) is 23.7. The van der Waals surface area contributed by atoms with Crippen LogP contribution in [0.25, 0.3) is 11.2 Å². The number of imidazole rings is 1. The van der Waals surface area contributed by atoms with Crippen molar-refractivity contribution in [3.63, 3.8) is 0 Å². The molecule has 1 fully saturated rings. The SMILES string of the molecule is CNc1ncnc2c1ncn2[C@H]1C[C@H](O)[C@@H](COC(c2ccccc2)(c2ccccc2)c2cccc(OC)c2OC)O1. The summed E-state index contributed by atoms with van der Waals surface area (Å²) in [6, 6.07) is 25.7. The molecule has 3 aromatic carbocycles. The molecule has 5 aromatic rings. The second-order valence-electron chi connectivity index (χ2n) is 9.99. The van der Waals surface area contributed by atoms with Gasteiger partial charge in [0.15, 0.2) is 23.0 Å². The van der Waals surface area contributed by atoms with E-state index in [9.17, 15) is 5.11 Å². The van der Waals surface area contributed by atoms with Crippen molar-refractivity contribution < 1.29 is 24.1 Å². The molecule has 2 N–H and O–H groups in total. The third-order valence-electron chi connectivity index (χ3n) is 7.72. The Morgan fingerprint density at radius 1 is 0.929 bits per heavy atom. The fourth-order valence-corrected chi connectivity index (χ4v) is 5.72. The van der Waals surface area contributed by atoms with Crippen LogP contribution in [-0.4, -0.2) is 64.7 Å². The van der Waals surface area contributed by atoms with Crippen LogP contribution in [0, 0.1) is 0 Å². The van der Waals surface area contributed by atoms with E-state index in [1.54, 1.807) is 27.6 Å². The van der Waals surface area contributed by atoms with Crippen molar-refractivity contribution in [2.24, 2.45) is 0 Å². The zero-order valence-corrected chi connectivity index (χ0v) is 23.7. The van der Waals surface area contributed by atoms with Crippen molar-refractivity contribution in [1.29, 1.82) is 0 Å². The molecule has 10 nitrogen and oxygen atoms in total. The Bertz CT molecular complexity index is 1610. The second kappa shape index (κ2) is 11.8. The van der Waals surface area contributed by atoms with E-state index in [2.05, 4.69) is 20.3 Å². The van der Waals surface area contributed by atoms with Crippen molar-refractivity contribution in [2.45, 2.75) is 30.5 Å². The van der Waals surface area contributed by atoms with Gasteiger partial charge in [-0.2, -0.15) is 0 Å². The highest BCUT2D eigenvalue weighted by Crippen LogP contribution is 2.48. The Balaban J connectivity index is 1.40. The van der Waals surface area contributed by atoms with E-state index in [4.69, 9.17) is 18.9 Å². The van der Waals surface area contributed by atoms with Gasteiger partial charge in [0.05, 0.1) is 33.3 Å². The maximum absolute atomic E-state index is 11.2. The lowest BCUT2D eigenvalue weighted by molar-refractivity contribution is -0.0935. The Morgan fingerprint density at radius 3 is 2.29 bits per heavy atom. The Labute approximate surface area is 243 Å². The first-order valence-corrected chi connectivity index (χ1v) is 13.8. The molecule has 0 bridgehead atoms. The quantitative estimate of drug-likeness (QED) is 0.235. The summed E-state index contributed by atoms with van der Waals surface area (Å²) in [4.78, 5) is 13.1. The summed E-state index contributed by atoms with van der Waals surface area (Å²) in [6.07, 6.45) is 1.61. The minimum absolute atomic E-state index is 0.0885. The molecular formula is C32H33N5O5. The van der Waals surface area contributed by atoms with Crippen LogP contribution in [-0.2, 0) is 15.1 Å². The smallest absolute Gasteiger partial charge is 0.167 e. The zero-order chi connectivity index (χ0) is 29.1. The van der Waals surface area contributed by atoms with Crippen LogP contribution in [0.5, 0.6) is 11.5 Å². The van der Waals surface area contributed by atoms with Gasteiger partial charge in [0.2, 0.25) is 0 Å². The number of ether oxygens (including phenoxy) is 4. The number of para-hydroxylation sites is 1. The van der Waals surface area contributed by atoms with Crippen molar-refractivity contribution in [3.8, 4) is 11.5 Å². The molecule has 3 heterocycles. The topological polar surface area (TPSA) is 113 Å². The standard InChI is InChI=1S/C32H33N5O5/c1-33-30-28-31(35-19-34-30)37(20-36-28)27-17-24(38)26(42-27)18-41-32(21-11-6-4-7-12-21,22-13-8-5-9-14-22)23-15-10-16-25(39-2)29(23)40-3/h4-16,19-20,24,26-27,38H,17-18H2,1-3H3,(H,33,34,35)/t24-,26+,27+/m0/s1. The maximum atomic E-state index is 11.2. The summed E-state index contributed by atoms with van der Waals surface area (Å²) in [5.74, 6) is 1.77. The van der Waals surface area contributed by atoms with Gasteiger partial charge < -0.3 is 29.4 Å². The third kappa shape index (κ3) is 4.73. The number of hydrogen-bond donors (Lipinski definition) is 2. The number of aromatic nitrogens is 4. The van der Waals surface area contributed by atoms with Crippen LogP contribution in [0.1, 0.15) is 29.3 Å². The number of anilines is 1. The molecule has 0 aliphatic carbocycles. The molecule has 6 rings (SSSR count). The summed E-state index contributed by atoms with van der Waals surface area (Å²) in [5, 5.41) is 14.2. The molecule has 10 heteroatoms. The van der Waals surface area contributed by atoms with Gasteiger partial charge in [-0.25, -0.2) is 15.0 Å². The van der Waals surface area contributed by atoms with Gasteiger partial charge in [0.25, 0.3) is 0 Å². The highest BCUT2D eigenvalue weighted by Gasteiger charge is 2.44. The van der Waals surface area contributed by atoms with Crippen LogP contribution in [0.15, 0.2) is 91.5 Å². The molecule has 0 spiro atoms.